The number of rotatable bonds is 30. The molecule has 0 aromatic carbocycles. The van der Waals surface area contributed by atoms with Gasteiger partial charge in [0.25, 0.3) is 0 Å². The van der Waals surface area contributed by atoms with Crippen LogP contribution in [0.3, 0.4) is 0 Å². The fraction of sp³-hybridized carbons (Fsp3) is 0.778. The van der Waals surface area contributed by atoms with Crippen molar-refractivity contribution in [2.24, 2.45) is 0 Å². The van der Waals surface area contributed by atoms with Crippen molar-refractivity contribution >= 4 is 11.9 Å². The van der Waals surface area contributed by atoms with Gasteiger partial charge in [-0.05, 0) is 70.6 Å². The Morgan fingerprint density at radius 2 is 1.05 bits per heavy atom. The Morgan fingerprint density at radius 3 is 1.62 bits per heavy atom. The predicted octanol–water partition coefficient (Wildman–Crippen LogP) is 11.4. The number of hydrogen-bond donors (Lipinski definition) is 1. The average molecular weight is 561 g/mol. The van der Waals surface area contributed by atoms with Gasteiger partial charge in [0.15, 0.2) is 0 Å². The van der Waals surface area contributed by atoms with Crippen LogP contribution < -0.4 is 0 Å². The molecule has 4 heteroatoms. The van der Waals surface area contributed by atoms with Crippen molar-refractivity contribution in [2.45, 2.75) is 180 Å². The van der Waals surface area contributed by atoms with E-state index in [4.69, 9.17) is 9.84 Å². The molecule has 0 aliphatic rings. The van der Waals surface area contributed by atoms with Gasteiger partial charge in [0, 0.05) is 12.8 Å². The first-order chi connectivity index (χ1) is 19.6. The molecule has 0 heterocycles. The van der Waals surface area contributed by atoms with E-state index in [1.54, 1.807) is 0 Å². The van der Waals surface area contributed by atoms with Gasteiger partial charge in [-0.15, -0.1) is 0 Å². The van der Waals surface area contributed by atoms with Gasteiger partial charge in [-0.1, -0.05) is 127 Å². The van der Waals surface area contributed by atoms with E-state index in [1.165, 1.54) is 57.8 Å². The molecule has 0 spiro atoms. The molecule has 0 aromatic heterocycles. The summed E-state index contributed by atoms with van der Waals surface area (Å²) < 4.78 is 5.94. The molecule has 1 N–H and O–H groups in total. The zero-order valence-corrected chi connectivity index (χ0v) is 26.4. The molecule has 1 atom stereocenters. The van der Waals surface area contributed by atoms with E-state index in [-0.39, 0.29) is 18.5 Å². The Bertz CT molecular complexity index is 649. The lowest BCUT2D eigenvalue weighted by Crippen LogP contribution is -2.18. The molecule has 0 aromatic rings. The molecule has 0 saturated carbocycles. The third-order valence-corrected chi connectivity index (χ3v) is 7.38. The van der Waals surface area contributed by atoms with Crippen molar-refractivity contribution < 1.29 is 19.4 Å². The highest BCUT2D eigenvalue weighted by Gasteiger charge is 2.14. The van der Waals surface area contributed by atoms with E-state index >= 15 is 0 Å². The van der Waals surface area contributed by atoms with Gasteiger partial charge in [-0.3, -0.25) is 9.59 Å². The standard InChI is InChI=1S/C36H64O4/c1-3-5-7-9-11-12-13-14-15-16-17-18-20-25-29-33-36(39)40-34(30-26-22-19-10-8-6-4-2)31-27-23-21-24-28-32-35(37)38/h5,7,11-12,14-15,34H,3-4,6,8-10,13,16-33H2,1-2H3,(H,37,38)/b7-5-,12-11-,15-14-. The molecule has 0 amide bonds. The number of hydrogen-bond acceptors (Lipinski definition) is 3. The summed E-state index contributed by atoms with van der Waals surface area (Å²) in [6.07, 6.45) is 40.1. The minimum Gasteiger partial charge on any atom is -0.481 e. The molecule has 4 nitrogen and oxygen atoms in total. The summed E-state index contributed by atoms with van der Waals surface area (Å²) in [4.78, 5) is 23.2. The number of carbonyl (C=O) groups excluding carboxylic acids is 1. The molecule has 0 aliphatic heterocycles. The molecule has 40 heavy (non-hydrogen) atoms. The van der Waals surface area contributed by atoms with Crippen molar-refractivity contribution in [3.8, 4) is 0 Å². The third-order valence-electron chi connectivity index (χ3n) is 7.38. The fourth-order valence-electron chi connectivity index (χ4n) is 4.90. The maximum Gasteiger partial charge on any atom is 0.306 e. The smallest absolute Gasteiger partial charge is 0.306 e. The molecule has 0 radical (unpaired) electrons. The van der Waals surface area contributed by atoms with Crippen molar-refractivity contribution in [1.29, 1.82) is 0 Å². The van der Waals surface area contributed by atoms with Crippen molar-refractivity contribution in [2.75, 3.05) is 0 Å². The lowest BCUT2D eigenvalue weighted by Gasteiger charge is -2.18. The van der Waals surface area contributed by atoms with Crippen LogP contribution in [0.25, 0.3) is 0 Å². The normalized spacial score (nSPS) is 12.7. The van der Waals surface area contributed by atoms with Gasteiger partial charge >= 0.3 is 11.9 Å². The molecule has 1 unspecified atom stereocenters. The summed E-state index contributed by atoms with van der Waals surface area (Å²) in [5.41, 5.74) is 0. The molecule has 0 aliphatic carbocycles. The highest BCUT2D eigenvalue weighted by molar-refractivity contribution is 5.69. The summed E-state index contributed by atoms with van der Waals surface area (Å²) >= 11 is 0. The maximum atomic E-state index is 12.5. The largest absolute Gasteiger partial charge is 0.481 e. The first-order valence-corrected chi connectivity index (χ1v) is 17.0. The van der Waals surface area contributed by atoms with Crippen LogP contribution in [-0.4, -0.2) is 23.1 Å². The number of esters is 1. The summed E-state index contributed by atoms with van der Waals surface area (Å²) in [6, 6.07) is 0. The van der Waals surface area contributed by atoms with Gasteiger partial charge in [-0.2, -0.15) is 0 Å². The lowest BCUT2D eigenvalue weighted by atomic mass is 10.0. The first kappa shape index (κ1) is 38.2. The Labute approximate surface area is 248 Å². The van der Waals surface area contributed by atoms with E-state index in [1.807, 2.05) is 0 Å². The summed E-state index contributed by atoms with van der Waals surface area (Å²) in [5, 5.41) is 8.76. The van der Waals surface area contributed by atoms with Crippen LogP contribution in [0.4, 0.5) is 0 Å². The summed E-state index contributed by atoms with van der Waals surface area (Å²) in [6.45, 7) is 4.41. The van der Waals surface area contributed by atoms with Crippen LogP contribution in [0.1, 0.15) is 174 Å². The molecular weight excluding hydrogens is 496 g/mol. The Kier molecular flexibility index (Phi) is 30.2. The number of allylic oxidation sites excluding steroid dienone is 6. The topological polar surface area (TPSA) is 63.6 Å². The van der Waals surface area contributed by atoms with E-state index in [0.717, 1.165) is 89.9 Å². The van der Waals surface area contributed by atoms with Gasteiger partial charge < -0.3 is 9.84 Å². The molecule has 232 valence electrons. The summed E-state index contributed by atoms with van der Waals surface area (Å²) in [7, 11) is 0. The van der Waals surface area contributed by atoms with Gasteiger partial charge in [0.05, 0.1) is 0 Å². The van der Waals surface area contributed by atoms with Gasteiger partial charge in [0.1, 0.15) is 6.10 Å². The van der Waals surface area contributed by atoms with Gasteiger partial charge in [-0.25, -0.2) is 0 Å². The third kappa shape index (κ3) is 30.7. The van der Waals surface area contributed by atoms with Crippen LogP contribution in [0.5, 0.6) is 0 Å². The van der Waals surface area contributed by atoms with Gasteiger partial charge in [0.2, 0.25) is 0 Å². The quantitative estimate of drug-likeness (QED) is 0.0539. The zero-order chi connectivity index (χ0) is 29.4. The molecule has 0 fully saturated rings. The Hall–Kier alpha value is -1.84. The minimum absolute atomic E-state index is 0.0180. The molecular formula is C36H64O4. The predicted molar refractivity (Wildman–Crippen MR) is 172 cm³/mol. The number of carbonyl (C=O) groups is 2. The van der Waals surface area contributed by atoms with E-state index in [2.05, 4.69) is 50.3 Å². The van der Waals surface area contributed by atoms with Crippen molar-refractivity contribution in [3.05, 3.63) is 36.5 Å². The monoisotopic (exact) mass is 560 g/mol. The van der Waals surface area contributed by atoms with Crippen LogP contribution in [0, 0.1) is 0 Å². The Morgan fingerprint density at radius 1 is 0.575 bits per heavy atom. The van der Waals surface area contributed by atoms with Crippen LogP contribution >= 0.6 is 0 Å². The van der Waals surface area contributed by atoms with Crippen LogP contribution in [0.15, 0.2) is 36.5 Å². The average Bonchev–Trinajstić information content (AvgIpc) is 2.93. The molecule has 0 bridgehead atoms. The first-order valence-electron chi connectivity index (χ1n) is 17.0. The number of carboxylic acid groups (broad SMARTS) is 1. The number of carboxylic acids is 1. The minimum atomic E-state index is -0.705. The molecule has 0 rings (SSSR count). The maximum absolute atomic E-state index is 12.5. The zero-order valence-electron chi connectivity index (χ0n) is 26.4. The van der Waals surface area contributed by atoms with E-state index < -0.39 is 5.97 Å². The summed E-state index contributed by atoms with van der Waals surface area (Å²) in [5.74, 6) is -0.723. The van der Waals surface area contributed by atoms with Crippen LogP contribution in [0.2, 0.25) is 0 Å². The number of ether oxygens (including phenoxy) is 1. The number of aliphatic carboxylic acids is 1. The second-order valence-electron chi connectivity index (χ2n) is 11.3. The van der Waals surface area contributed by atoms with E-state index in [0.29, 0.717) is 6.42 Å². The highest BCUT2D eigenvalue weighted by Crippen LogP contribution is 2.18. The fourth-order valence-corrected chi connectivity index (χ4v) is 4.90. The second kappa shape index (κ2) is 31.7. The molecule has 0 saturated heterocycles. The van der Waals surface area contributed by atoms with Crippen LogP contribution in [-0.2, 0) is 14.3 Å². The lowest BCUT2D eigenvalue weighted by molar-refractivity contribution is -0.150. The highest BCUT2D eigenvalue weighted by atomic mass is 16.5. The second-order valence-corrected chi connectivity index (χ2v) is 11.3. The SMILES string of the molecule is CC/C=C\C/C=C\C/C=C\CCCCCCCC(=O)OC(CCCCCCCCC)CCCCCCCC(=O)O. The van der Waals surface area contributed by atoms with E-state index in [9.17, 15) is 9.59 Å². The Balaban J connectivity index is 4.01. The van der Waals surface area contributed by atoms with Crippen molar-refractivity contribution in [3.63, 3.8) is 0 Å². The van der Waals surface area contributed by atoms with Crippen molar-refractivity contribution in [1.82, 2.24) is 0 Å². The number of unbranched alkanes of at least 4 members (excludes halogenated alkanes) is 15.